The number of amides is 3. The number of aromatic amines is 1. The summed E-state index contributed by atoms with van der Waals surface area (Å²) in [6, 6.07) is -5.08. The number of carbonyl (C=O) groups excluding carboxylic acids is 3. The lowest BCUT2D eigenvalue weighted by Crippen LogP contribution is -2.58. The van der Waals surface area contributed by atoms with Gasteiger partial charge in [0.2, 0.25) is 17.7 Å². The Kier molecular flexibility index (Phi) is 13.2. The largest absolute Gasteiger partial charge is 0.481 e. The molecular weight excluding hydrogens is 502 g/mol. The lowest BCUT2D eigenvalue weighted by atomic mass is 9.98. The van der Waals surface area contributed by atoms with E-state index in [1.165, 1.54) is 12.5 Å². The van der Waals surface area contributed by atoms with Crippen molar-refractivity contribution in [3.8, 4) is 0 Å². The highest BCUT2D eigenvalue weighted by Gasteiger charge is 2.32. The van der Waals surface area contributed by atoms with Crippen molar-refractivity contribution < 1.29 is 34.2 Å². The summed E-state index contributed by atoms with van der Waals surface area (Å²) in [6.07, 6.45) is 2.79. The molecule has 1 aromatic rings. The third-order valence-corrected chi connectivity index (χ3v) is 5.74. The molecule has 5 atom stereocenters. The van der Waals surface area contributed by atoms with Gasteiger partial charge in [-0.15, -0.1) is 0 Å². The van der Waals surface area contributed by atoms with Crippen LogP contribution >= 0.6 is 0 Å². The summed E-state index contributed by atoms with van der Waals surface area (Å²) in [5.74, 6) is -5.60. The fourth-order valence-electron chi connectivity index (χ4n) is 3.30. The molecule has 0 aliphatic carbocycles. The number of nitrogens with zero attached hydrogens (tertiary/aromatic N) is 2. The Balaban J connectivity index is 3.13. The lowest BCUT2D eigenvalue weighted by Gasteiger charge is -2.26. The molecule has 0 aliphatic rings. The van der Waals surface area contributed by atoms with Gasteiger partial charge in [-0.25, -0.2) is 9.78 Å². The molecule has 0 saturated carbocycles. The van der Waals surface area contributed by atoms with Crippen LogP contribution < -0.4 is 33.2 Å². The number of hydrogen-bond donors (Lipinski definition) is 9. The highest BCUT2D eigenvalue weighted by Crippen LogP contribution is 2.08. The van der Waals surface area contributed by atoms with Gasteiger partial charge in [0.05, 0.1) is 18.8 Å². The molecule has 1 rings (SSSR count). The smallest absolute Gasteiger partial charge is 0.326 e. The molecule has 0 saturated heterocycles. The molecule has 1 heterocycles. The SMILES string of the molecule is CCC(C)C(N)C(=O)NC(Cc1cnc[nH]1)C(=O)NC(CCCN=C(N)N)C(=O)NC(CC(=O)O)C(=O)O. The van der Waals surface area contributed by atoms with Gasteiger partial charge >= 0.3 is 11.9 Å². The third kappa shape index (κ3) is 11.2. The summed E-state index contributed by atoms with van der Waals surface area (Å²) >= 11 is 0. The van der Waals surface area contributed by atoms with Crippen molar-refractivity contribution in [3.05, 3.63) is 18.2 Å². The zero-order valence-corrected chi connectivity index (χ0v) is 21.3. The monoisotopic (exact) mass is 539 g/mol. The first-order valence-electron chi connectivity index (χ1n) is 12.0. The minimum absolute atomic E-state index is 0.0100. The number of carboxylic acids is 2. The zero-order chi connectivity index (χ0) is 28.8. The topological polar surface area (TPSA) is 281 Å². The maximum Gasteiger partial charge on any atom is 0.326 e. The van der Waals surface area contributed by atoms with Gasteiger partial charge in [0.25, 0.3) is 0 Å². The second-order valence-electron chi connectivity index (χ2n) is 8.76. The van der Waals surface area contributed by atoms with Crippen molar-refractivity contribution in [1.29, 1.82) is 0 Å². The zero-order valence-electron chi connectivity index (χ0n) is 21.3. The predicted octanol–water partition coefficient (Wildman–Crippen LogP) is -2.61. The van der Waals surface area contributed by atoms with E-state index in [1.807, 2.05) is 6.92 Å². The van der Waals surface area contributed by atoms with Crippen LogP contribution in [0, 0.1) is 5.92 Å². The maximum absolute atomic E-state index is 13.3. The second kappa shape index (κ2) is 15.8. The summed E-state index contributed by atoms with van der Waals surface area (Å²) in [7, 11) is 0. The van der Waals surface area contributed by atoms with E-state index in [0.29, 0.717) is 12.1 Å². The fraction of sp³-hybridized carbons (Fsp3) is 0.591. The molecule has 0 radical (unpaired) electrons. The molecular formula is C22H37N9O7. The van der Waals surface area contributed by atoms with Gasteiger partial charge in [-0.05, 0) is 18.8 Å². The standard InChI is InChI=1S/C22H37N9O7/c1-3-11(2)17(23)20(36)30-14(7-12-9-26-10-28-12)19(35)29-13(5-4-6-27-22(24)25)18(34)31-15(21(37)38)8-16(32)33/h9-11,13-15,17H,3-8,23H2,1-2H3,(H,26,28)(H,29,35)(H,30,36)(H,31,34)(H,32,33)(H,37,38)(H4,24,25,27). The minimum atomic E-state index is -1.73. The first-order chi connectivity index (χ1) is 17.8. The quantitative estimate of drug-likeness (QED) is 0.0561. The molecule has 12 N–H and O–H groups in total. The number of aromatic nitrogens is 2. The Morgan fingerprint density at radius 2 is 1.63 bits per heavy atom. The Labute approximate surface area is 219 Å². The highest BCUT2D eigenvalue weighted by atomic mass is 16.4. The maximum atomic E-state index is 13.3. The van der Waals surface area contributed by atoms with Gasteiger partial charge < -0.3 is 48.3 Å². The van der Waals surface area contributed by atoms with Crippen LogP contribution in [0.3, 0.4) is 0 Å². The molecule has 0 bridgehead atoms. The van der Waals surface area contributed by atoms with E-state index in [-0.39, 0.29) is 37.7 Å². The van der Waals surface area contributed by atoms with Crippen molar-refractivity contribution in [2.75, 3.05) is 6.54 Å². The minimum Gasteiger partial charge on any atom is -0.481 e. The van der Waals surface area contributed by atoms with Gasteiger partial charge in [0.1, 0.15) is 18.1 Å². The van der Waals surface area contributed by atoms with E-state index in [0.717, 1.165) is 0 Å². The molecule has 212 valence electrons. The Bertz CT molecular complexity index is 980. The van der Waals surface area contributed by atoms with Crippen LogP contribution in [0.5, 0.6) is 0 Å². The number of aliphatic carboxylic acids is 2. The number of H-pyrrole nitrogens is 1. The number of nitrogens with two attached hydrogens (primary N) is 3. The van der Waals surface area contributed by atoms with Crippen LogP contribution in [0.15, 0.2) is 17.5 Å². The third-order valence-electron chi connectivity index (χ3n) is 5.74. The summed E-state index contributed by atoms with van der Waals surface area (Å²) in [6.45, 7) is 3.77. The summed E-state index contributed by atoms with van der Waals surface area (Å²) < 4.78 is 0. The van der Waals surface area contributed by atoms with Crippen molar-refractivity contribution in [3.63, 3.8) is 0 Å². The second-order valence-corrected chi connectivity index (χ2v) is 8.76. The van der Waals surface area contributed by atoms with Crippen LogP contribution in [-0.2, 0) is 30.4 Å². The Morgan fingerprint density at radius 1 is 1.03 bits per heavy atom. The lowest BCUT2D eigenvalue weighted by molar-refractivity contribution is -0.147. The number of carbonyl (C=O) groups is 5. The molecule has 0 aliphatic heterocycles. The molecule has 3 amide bonds. The van der Waals surface area contributed by atoms with Crippen molar-refractivity contribution >= 4 is 35.6 Å². The van der Waals surface area contributed by atoms with Gasteiger partial charge in [0.15, 0.2) is 5.96 Å². The van der Waals surface area contributed by atoms with Crippen molar-refractivity contribution in [2.45, 2.75) is 70.1 Å². The molecule has 0 fully saturated rings. The number of rotatable bonds is 17. The first-order valence-corrected chi connectivity index (χ1v) is 12.0. The van der Waals surface area contributed by atoms with E-state index in [1.54, 1.807) is 6.92 Å². The van der Waals surface area contributed by atoms with Crippen LogP contribution in [0.2, 0.25) is 0 Å². The van der Waals surface area contributed by atoms with E-state index >= 15 is 0 Å². The summed E-state index contributed by atoms with van der Waals surface area (Å²) in [4.78, 5) is 71.9. The number of carboxylic acid groups (broad SMARTS) is 2. The number of imidazole rings is 1. The molecule has 5 unspecified atom stereocenters. The van der Waals surface area contributed by atoms with Crippen molar-refractivity contribution in [1.82, 2.24) is 25.9 Å². The summed E-state index contributed by atoms with van der Waals surface area (Å²) in [5.41, 5.74) is 17.1. The van der Waals surface area contributed by atoms with E-state index in [9.17, 15) is 29.1 Å². The van der Waals surface area contributed by atoms with Gasteiger partial charge in [-0.1, -0.05) is 20.3 Å². The van der Waals surface area contributed by atoms with Gasteiger partial charge in [-0.2, -0.15) is 0 Å². The van der Waals surface area contributed by atoms with Crippen LogP contribution in [-0.4, -0.2) is 86.5 Å². The van der Waals surface area contributed by atoms with Crippen molar-refractivity contribution in [2.24, 2.45) is 28.1 Å². The molecule has 0 aromatic carbocycles. The Hall–Kier alpha value is -4.21. The van der Waals surface area contributed by atoms with Crippen LogP contribution in [0.1, 0.15) is 45.2 Å². The van der Waals surface area contributed by atoms with Gasteiger partial charge in [-0.3, -0.25) is 24.2 Å². The highest BCUT2D eigenvalue weighted by molar-refractivity contribution is 5.94. The molecule has 38 heavy (non-hydrogen) atoms. The van der Waals surface area contributed by atoms with E-state index in [2.05, 4.69) is 30.9 Å². The predicted molar refractivity (Wildman–Crippen MR) is 135 cm³/mol. The average molecular weight is 540 g/mol. The average Bonchev–Trinajstić information content (AvgIpc) is 3.36. The number of hydrogen-bond acceptors (Lipinski definition) is 8. The number of nitrogens with one attached hydrogen (secondary N) is 4. The first kappa shape index (κ1) is 31.8. The number of aliphatic imine (C=N–C) groups is 1. The fourth-order valence-corrected chi connectivity index (χ4v) is 3.30. The van der Waals surface area contributed by atoms with Crippen LogP contribution in [0.4, 0.5) is 0 Å². The molecule has 0 spiro atoms. The normalized spacial score (nSPS) is 14.7. The van der Waals surface area contributed by atoms with E-state index < -0.39 is 60.2 Å². The molecule has 1 aromatic heterocycles. The van der Waals surface area contributed by atoms with E-state index in [4.69, 9.17) is 22.3 Å². The van der Waals surface area contributed by atoms with Crippen LogP contribution in [0.25, 0.3) is 0 Å². The molecule has 16 heteroatoms. The Morgan fingerprint density at radius 3 is 2.16 bits per heavy atom. The number of guanidine groups is 1. The molecule has 16 nitrogen and oxygen atoms in total. The van der Waals surface area contributed by atoms with Gasteiger partial charge in [0, 0.05) is 24.9 Å². The summed E-state index contributed by atoms with van der Waals surface area (Å²) in [5, 5.41) is 25.5.